The van der Waals surface area contributed by atoms with Crippen molar-refractivity contribution in [1.29, 1.82) is 0 Å². The van der Waals surface area contributed by atoms with Gasteiger partial charge in [-0.1, -0.05) is 6.07 Å². The summed E-state index contributed by atoms with van der Waals surface area (Å²) in [4.78, 5) is 0. The van der Waals surface area contributed by atoms with E-state index >= 15 is 0 Å². The van der Waals surface area contributed by atoms with Crippen LogP contribution in [0.4, 0.5) is 0 Å². The Balaban J connectivity index is 1.72. The zero-order chi connectivity index (χ0) is 13.9. The smallest absolute Gasteiger partial charge is 0.161 e. The van der Waals surface area contributed by atoms with Crippen LogP contribution < -0.4 is 14.8 Å². The molecule has 0 radical (unpaired) electrons. The van der Waals surface area contributed by atoms with Crippen molar-refractivity contribution in [3.05, 3.63) is 41.7 Å². The van der Waals surface area contributed by atoms with Gasteiger partial charge in [0.15, 0.2) is 11.5 Å². The van der Waals surface area contributed by atoms with E-state index in [1.807, 2.05) is 24.5 Å². The van der Waals surface area contributed by atoms with Crippen molar-refractivity contribution < 1.29 is 9.47 Å². The molecule has 1 aromatic heterocycles. The molecule has 0 amide bonds. The Hall–Kier alpha value is -2.01. The van der Waals surface area contributed by atoms with Gasteiger partial charge < -0.3 is 14.8 Å². The summed E-state index contributed by atoms with van der Waals surface area (Å²) in [6.45, 7) is 5.50. The number of nitrogens with one attached hydrogen (secondary N) is 2. The minimum Gasteiger partial charge on any atom is -0.486 e. The number of fused-ring (bicyclic) bond motifs is 1. The summed E-state index contributed by atoms with van der Waals surface area (Å²) in [7, 11) is 0. The number of aromatic nitrogens is 2. The fraction of sp³-hybridized carbons (Fsp3) is 0.400. The molecule has 0 saturated heterocycles. The molecule has 1 aromatic carbocycles. The van der Waals surface area contributed by atoms with E-state index in [9.17, 15) is 0 Å². The van der Waals surface area contributed by atoms with Crippen LogP contribution in [0.2, 0.25) is 0 Å². The molecule has 0 bridgehead atoms. The van der Waals surface area contributed by atoms with E-state index in [1.54, 1.807) is 0 Å². The highest BCUT2D eigenvalue weighted by molar-refractivity contribution is 5.44. The molecule has 2 unspecified atom stereocenters. The fourth-order valence-electron chi connectivity index (χ4n) is 2.39. The highest BCUT2D eigenvalue weighted by Crippen LogP contribution is 2.33. The lowest BCUT2D eigenvalue weighted by molar-refractivity contribution is 0.171. The number of ether oxygens (including phenoxy) is 2. The molecule has 1 aliphatic rings. The van der Waals surface area contributed by atoms with Crippen LogP contribution in [0.25, 0.3) is 0 Å². The van der Waals surface area contributed by atoms with Crippen LogP contribution in [0.15, 0.2) is 30.6 Å². The Morgan fingerprint density at radius 1 is 1.10 bits per heavy atom. The van der Waals surface area contributed by atoms with E-state index in [2.05, 4.69) is 35.4 Å². The highest BCUT2D eigenvalue weighted by atomic mass is 16.6. The van der Waals surface area contributed by atoms with E-state index < -0.39 is 0 Å². The lowest BCUT2D eigenvalue weighted by Gasteiger charge is -2.23. The number of aromatic amines is 1. The van der Waals surface area contributed by atoms with E-state index in [0.717, 1.165) is 17.1 Å². The van der Waals surface area contributed by atoms with Crippen molar-refractivity contribution in [1.82, 2.24) is 15.5 Å². The van der Waals surface area contributed by atoms with Gasteiger partial charge in [0.05, 0.1) is 6.20 Å². The zero-order valence-corrected chi connectivity index (χ0v) is 11.7. The maximum Gasteiger partial charge on any atom is 0.161 e. The summed E-state index contributed by atoms with van der Waals surface area (Å²) in [6, 6.07) is 6.55. The Kier molecular flexibility index (Phi) is 3.60. The first-order chi connectivity index (χ1) is 9.74. The SMILES string of the molecule is CC(NC(C)c1ccc2c(c1)OCCO2)c1cn[nH]c1. The standard InChI is InChI=1S/C15H19N3O2/c1-10(18-11(2)13-8-16-17-9-13)12-3-4-14-15(7-12)20-6-5-19-14/h3-4,7-11,18H,5-6H2,1-2H3,(H,16,17). The second-order valence-electron chi connectivity index (χ2n) is 5.04. The third-order valence-electron chi connectivity index (χ3n) is 3.59. The van der Waals surface area contributed by atoms with Gasteiger partial charge in [0.1, 0.15) is 13.2 Å². The monoisotopic (exact) mass is 273 g/mol. The number of nitrogens with zero attached hydrogens (tertiary/aromatic N) is 1. The van der Waals surface area contributed by atoms with E-state index in [-0.39, 0.29) is 12.1 Å². The number of hydrogen-bond acceptors (Lipinski definition) is 4. The summed E-state index contributed by atoms with van der Waals surface area (Å²) in [5.41, 5.74) is 2.33. The average Bonchev–Trinajstić information content (AvgIpc) is 3.01. The average molecular weight is 273 g/mol. The van der Waals surface area contributed by atoms with Crippen molar-refractivity contribution >= 4 is 0 Å². The molecule has 1 aliphatic heterocycles. The van der Waals surface area contributed by atoms with Crippen LogP contribution in [-0.2, 0) is 0 Å². The molecule has 2 N–H and O–H groups in total. The Bertz CT molecular complexity index is 569. The fourth-order valence-corrected chi connectivity index (χ4v) is 2.39. The molecule has 5 nitrogen and oxygen atoms in total. The maximum absolute atomic E-state index is 5.62. The molecule has 2 atom stereocenters. The largest absolute Gasteiger partial charge is 0.486 e. The van der Waals surface area contributed by atoms with Crippen molar-refractivity contribution in [2.45, 2.75) is 25.9 Å². The minimum absolute atomic E-state index is 0.218. The molecular weight excluding hydrogens is 254 g/mol. The second kappa shape index (κ2) is 5.54. The summed E-state index contributed by atoms with van der Waals surface area (Å²) in [5, 5.41) is 10.4. The molecule has 2 heterocycles. The van der Waals surface area contributed by atoms with Gasteiger partial charge in [-0.15, -0.1) is 0 Å². The predicted octanol–water partition coefficient (Wildman–Crippen LogP) is 2.59. The van der Waals surface area contributed by atoms with E-state index in [4.69, 9.17) is 9.47 Å². The Morgan fingerprint density at radius 3 is 2.60 bits per heavy atom. The number of rotatable bonds is 4. The molecule has 0 spiro atoms. The maximum atomic E-state index is 5.62. The normalized spacial score (nSPS) is 16.7. The molecule has 0 fully saturated rings. The van der Waals surface area contributed by atoms with Crippen molar-refractivity contribution in [2.24, 2.45) is 0 Å². The van der Waals surface area contributed by atoms with Crippen LogP contribution in [0.5, 0.6) is 11.5 Å². The van der Waals surface area contributed by atoms with Crippen LogP contribution >= 0.6 is 0 Å². The highest BCUT2D eigenvalue weighted by Gasteiger charge is 2.16. The molecule has 0 aliphatic carbocycles. The Morgan fingerprint density at radius 2 is 1.85 bits per heavy atom. The van der Waals surface area contributed by atoms with Crippen LogP contribution in [0, 0.1) is 0 Å². The van der Waals surface area contributed by atoms with Gasteiger partial charge in [0.2, 0.25) is 0 Å². The van der Waals surface area contributed by atoms with E-state index in [1.165, 1.54) is 5.56 Å². The molecule has 20 heavy (non-hydrogen) atoms. The van der Waals surface area contributed by atoms with Gasteiger partial charge in [-0.05, 0) is 31.5 Å². The topological polar surface area (TPSA) is 59.2 Å². The van der Waals surface area contributed by atoms with Gasteiger partial charge in [-0.2, -0.15) is 5.10 Å². The van der Waals surface area contributed by atoms with Crippen molar-refractivity contribution in [3.8, 4) is 11.5 Å². The first kappa shape index (κ1) is 13.0. The molecule has 5 heteroatoms. The number of H-pyrrole nitrogens is 1. The lowest BCUT2D eigenvalue weighted by atomic mass is 10.1. The quantitative estimate of drug-likeness (QED) is 0.899. The van der Waals surface area contributed by atoms with Crippen molar-refractivity contribution in [3.63, 3.8) is 0 Å². The molecule has 0 saturated carbocycles. The molecule has 106 valence electrons. The first-order valence-corrected chi connectivity index (χ1v) is 6.88. The molecular formula is C15H19N3O2. The summed E-state index contributed by atoms with van der Waals surface area (Å²) in [5.74, 6) is 1.66. The van der Waals surface area contributed by atoms with Crippen LogP contribution in [-0.4, -0.2) is 23.4 Å². The predicted molar refractivity (Wildman–Crippen MR) is 76.0 cm³/mol. The molecule has 3 rings (SSSR count). The Labute approximate surface area is 118 Å². The lowest BCUT2D eigenvalue weighted by Crippen LogP contribution is -2.22. The number of hydrogen-bond donors (Lipinski definition) is 2. The second-order valence-corrected chi connectivity index (χ2v) is 5.04. The molecule has 2 aromatic rings. The van der Waals surface area contributed by atoms with Crippen molar-refractivity contribution in [2.75, 3.05) is 13.2 Å². The van der Waals surface area contributed by atoms with Crippen LogP contribution in [0.1, 0.15) is 37.1 Å². The summed E-state index contributed by atoms with van der Waals surface area (Å²) in [6.07, 6.45) is 3.75. The third-order valence-corrected chi connectivity index (χ3v) is 3.59. The third kappa shape index (κ3) is 2.63. The zero-order valence-electron chi connectivity index (χ0n) is 11.7. The van der Waals surface area contributed by atoms with Gasteiger partial charge >= 0.3 is 0 Å². The summed E-state index contributed by atoms with van der Waals surface area (Å²) >= 11 is 0. The van der Waals surface area contributed by atoms with Gasteiger partial charge in [0.25, 0.3) is 0 Å². The minimum atomic E-state index is 0.218. The van der Waals surface area contributed by atoms with Gasteiger partial charge in [0, 0.05) is 23.8 Å². The van der Waals surface area contributed by atoms with Gasteiger partial charge in [-0.3, -0.25) is 5.10 Å². The summed E-state index contributed by atoms with van der Waals surface area (Å²) < 4.78 is 11.2. The first-order valence-electron chi connectivity index (χ1n) is 6.88. The van der Waals surface area contributed by atoms with E-state index in [0.29, 0.717) is 13.2 Å². The van der Waals surface area contributed by atoms with Gasteiger partial charge in [-0.25, -0.2) is 0 Å². The number of benzene rings is 1. The van der Waals surface area contributed by atoms with Crippen LogP contribution in [0.3, 0.4) is 0 Å².